The van der Waals surface area contributed by atoms with E-state index in [-0.39, 0.29) is 12.2 Å². The van der Waals surface area contributed by atoms with E-state index in [9.17, 15) is 9.90 Å². The van der Waals surface area contributed by atoms with Gasteiger partial charge in [-0.2, -0.15) is 0 Å². The molecule has 4 nitrogen and oxygen atoms in total. The van der Waals surface area contributed by atoms with Crippen molar-refractivity contribution < 1.29 is 14.6 Å². The molecule has 94 valence electrons. The van der Waals surface area contributed by atoms with Gasteiger partial charge in [-0.05, 0) is 17.2 Å². The van der Waals surface area contributed by atoms with Gasteiger partial charge in [-0.25, -0.2) is 4.79 Å². The molecule has 0 aromatic heterocycles. The first-order chi connectivity index (χ1) is 8.58. The minimum Gasteiger partial charge on any atom is -0.510 e. The molecular weight excluding hydrogens is 230 g/mol. The van der Waals surface area contributed by atoms with Crippen LogP contribution in [-0.2, 0) is 9.53 Å². The lowest BCUT2D eigenvalue weighted by atomic mass is 9.83. The van der Waals surface area contributed by atoms with Crippen molar-refractivity contribution in [3.8, 4) is 0 Å². The summed E-state index contributed by atoms with van der Waals surface area (Å²) in [6.07, 6.45) is 3.42. The Balaban J connectivity index is 2.36. The molecule has 1 aliphatic carbocycles. The minimum absolute atomic E-state index is 0.172. The molecule has 0 bridgehead atoms. The maximum Gasteiger partial charge on any atom is 0.334 e. The van der Waals surface area contributed by atoms with Gasteiger partial charge in [0.25, 0.3) is 0 Å². The smallest absolute Gasteiger partial charge is 0.334 e. The van der Waals surface area contributed by atoms with Crippen LogP contribution >= 0.6 is 0 Å². The van der Waals surface area contributed by atoms with E-state index in [1.807, 2.05) is 30.3 Å². The number of methoxy groups -OCH3 is 1. The van der Waals surface area contributed by atoms with Crippen LogP contribution in [0.5, 0.6) is 0 Å². The first kappa shape index (κ1) is 12.4. The number of aliphatic hydroxyl groups excluding tert-OH is 1. The molecule has 4 heteroatoms. The Hall–Kier alpha value is -2.07. The van der Waals surface area contributed by atoms with Gasteiger partial charge in [0, 0.05) is 6.42 Å². The van der Waals surface area contributed by atoms with Crippen LogP contribution in [0.3, 0.4) is 0 Å². The van der Waals surface area contributed by atoms with Crippen molar-refractivity contribution in [3.05, 3.63) is 53.8 Å². The number of carbonyl (C=O) groups excluding carboxylic acids is 1. The number of nitrogens with two attached hydrogens (primary N) is 1. The Labute approximate surface area is 105 Å². The number of esters is 1. The van der Waals surface area contributed by atoms with Gasteiger partial charge in [0.2, 0.25) is 0 Å². The summed E-state index contributed by atoms with van der Waals surface area (Å²) in [5, 5.41) is 9.79. The Morgan fingerprint density at radius 3 is 2.61 bits per heavy atom. The topological polar surface area (TPSA) is 72.5 Å². The second kappa shape index (κ2) is 4.66. The van der Waals surface area contributed by atoms with E-state index in [0.29, 0.717) is 0 Å². The summed E-state index contributed by atoms with van der Waals surface area (Å²) in [6.45, 7) is 0. The molecule has 0 radical (unpaired) electrons. The number of ether oxygens (including phenoxy) is 1. The SMILES string of the molecule is COC(=O)C1(N)CC(c2ccccc2)=CC=C1O. The molecule has 1 unspecified atom stereocenters. The van der Waals surface area contributed by atoms with E-state index in [0.717, 1.165) is 11.1 Å². The van der Waals surface area contributed by atoms with Crippen molar-refractivity contribution in [1.82, 2.24) is 0 Å². The molecule has 1 aliphatic rings. The van der Waals surface area contributed by atoms with Crippen LogP contribution in [0.1, 0.15) is 12.0 Å². The fourth-order valence-electron chi connectivity index (χ4n) is 1.99. The second-order valence-corrected chi connectivity index (χ2v) is 4.25. The Bertz CT molecular complexity index is 519. The van der Waals surface area contributed by atoms with Crippen molar-refractivity contribution in [2.45, 2.75) is 12.0 Å². The third kappa shape index (κ3) is 2.02. The van der Waals surface area contributed by atoms with Gasteiger partial charge in [0.15, 0.2) is 5.54 Å². The lowest BCUT2D eigenvalue weighted by Crippen LogP contribution is -2.51. The summed E-state index contributed by atoms with van der Waals surface area (Å²) in [4.78, 5) is 11.7. The van der Waals surface area contributed by atoms with E-state index in [4.69, 9.17) is 5.73 Å². The maximum atomic E-state index is 11.7. The van der Waals surface area contributed by atoms with Gasteiger partial charge in [-0.3, -0.25) is 0 Å². The number of hydrogen-bond donors (Lipinski definition) is 2. The zero-order chi connectivity index (χ0) is 13.2. The normalized spacial score (nSPS) is 23.0. The van der Waals surface area contributed by atoms with Gasteiger partial charge < -0.3 is 15.6 Å². The van der Waals surface area contributed by atoms with Crippen LogP contribution in [0.15, 0.2) is 48.2 Å². The Morgan fingerprint density at radius 1 is 1.33 bits per heavy atom. The Kier molecular flexibility index (Phi) is 3.21. The van der Waals surface area contributed by atoms with E-state index in [1.54, 1.807) is 6.08 Å². The highest BCUT2D eigenvalue weighted by atomic mass is 16.5. The molecule has 1 aromatic rings. The number of allylic oxidation sites excluding steroid dienone is 2. The van der Waals surface area contributed by atoms with Crippen molar-refractivity contribution in [3.63, 3.8) is 0 Å². The monoisotopic (exact) mass is 245 g/mol. The predicted octanol–water partition coefficient (Wildman–Crippen LogP) is 1.79. The first-order valence-electron chi connectivity index (χ1n) is 5.61. The standard InChI is InChI=1S/C14H15NO3/c1-18-13(17)14(15)9-11(7-8-12(14)16)10-5-3-2-4-6-10/h2-8,16H,9,15H2,1H3. The van der Waals surface area contributed by atoms with Crippen molar-refractivity contribution >= 4 is 11.5 Å². The van der Waals surface area contributed by atoms with E-state index >= 15 is 0 Å². The third-order valence-electron chi connectivity index (χ3n) is 3.06. The molecule has 1 aromatic carbocycles. The van der Waals surface area contributed by atoms with Gasteiger partial charge >= 0.3 is 5.97 Å². The van der Waals surface area contributed by atoms with Crippen LogP contribution in [0, 0.1) is 0 Å². The van der Waals surface area contributed by atoms with Crippen LogP contribution in [0.4, 0.5) is 0 Å². The average Bonchev–Trinajstić information content (AvgIpc) is 2.42. The average molecular weight is 245 g/mol. The molecular formula is C14H15NO3. The molecule has 0 saturated heterocycles. The van der Waals surface area contributed by atoms with Crippen LogP contribution in [0.2, 0.25) is 0 Å². The molecule has 0 amide bonds. The van der Waals surface area contributed by atoms with Crippen molar-refractivity contribution in [2.75, 3.05) is 7.11 Å². The van der Waals surface area contributed by atoms with E-state index in [1.165, 1.54) is 13.2 Å². The van der Waals surface area contributed by atoms with Gasteiger partial charge in [0.05, 0.1) is 7.11 Å². The molecule has 3 N–H and O–H groups in total. The second-order valence-electron chi connectivity index (χ2n) is 4.25. The number of carbonyl (C=O) groups is 1. The first-order valence-corrected chi connectivity index (χ1v) is 5.61. The highest BCUT2D eigenvalue weighted by molar-refractivity contribution is 5.89. The highest BCUT2D eigenvalue weighted by Crippen LogP contribution is 2.32. The lowest BCUT2D eigenvalue weighted by Gasteiger charge is -2.29. The predicted molar refractivity (Wildman–Crippen MR) is 68.7 cm³/mol. The van der Waals surface area contributed by atoms with Crippen LogP contribution in [0.25, 0.3) is 5.57 Å². The van der Waals surface area contributed by atoms with Gasteiger partial charge in [-0.1, -0.05) is 36.4 Å². The maximum absolute atomic E-state index is 11.7. The Morgan fingerprint density at radius 2 is 2.00 bits per heavy atom. The highest BCUT2D eigenvalue weighted by Gasteiger charge is 2.42. The molecule has 18 heavy (non-hydrogen) atoms. The van der Waals surface area contributed by atoms with E-state index in [2.05, 4.69) is 4.74 Å². The number of aliphatic hydroxyl groups is 1. The summed E-state index contributed by atoms with van der Waals surface area (Å²) in [5.74, 6) is -0.813. The third-order valence-corrected chi connectivity index (χ3v) is 3.06. The molecule has 0 fully saturated rings. The van der Waals surface area contributed by atoms with Crippen LogP contribution < -0.4 is 5.73 Å². The van der Waals surface area contributed by atoms with E-state index < -0.39 is 11.5 Å². The van der Waals surface area contributed by atoms with Crippen LogP contribution in [-0.4, -0.2) is 23.7 Å². The summed E-state index contributed by atoms with van der Waals surface area (Å²) in [5.41, 5.74) is 6.32. The molecule has 2 rings (SSSR count). The molecule has 0 saturated carbocycles. The van der Waals surface area contributed by atoms with Crippen molar-refractivity contribution in [1.29, 1.82) is 0 Å². The lowest BCUT2D eigenvalue weighted by molar-refractivity contribution is -0.146. The molecule has 0 aliphatic heterocycles. The quantitative estimate of drug-likeness (QED) is 0.779. The summed E-state index contributed by atoms with van der Waals surface area (Å²) >= 11 is 0. The summed E-state index contributed by atoms with van der Waals surface area (Å²) in [7, 11) is 1.25. The fraction of sp³-hybridized carbons (Fsp3) is 0.214. The summed E-state index contributed by atoms with van der Waals surface area (Å²) in [6, 6.07) is 9.59. The minimum atomic E-state index is -1.49. The molecule has 0 heterocycles. The summed E-state index contributed by atoms with van der Waals surface area (Å²) < 4.78 is 4.66. The molecule has 1 atom stereocenters. The van der Waals surface area contributed by atoms with Crippen molar-refractivity contribution in [2.24, 2.45) is 5.73 Å². The number of benzene rings is 1. The number of rotatable bonds is 2. The zero-order valence-electron chi connectivity index (χ0n) is 10.1. The zero-order valence-corrected chi connectivity index (χ0v) is 10.1. The number of hydrogen-bond acceptors (Lipinski definition) is 4. The molecule has 0 spiro atoms. The van der Waals surface area contributed by atoms with Gasteiger partial charge in [-0.15, -0.1) is 0 Å². The van der Waals surface area contributed by atoms with Gasteiger partial charge in [0.1, 0.15) is 5.76 Å². The fourth-order valence-corrected chi connectivity index (χ4v) is 1.99. The largest absolute Gasteiger partial charge is 0.510 e.